The molecule has 0 N–H and O–H groups in total. The lowest BCUT2D eigenvalue weighted by molar-refractivity contribution is -0.137. The van der Waals surface area contributed by atoms with Crippen LogP contribution in [0.1, 0.15) is 13.8 Å². The Balaban J connectivity index is 1.99. The van der Waals surface area contributed by atoms with Crippen LogP contribution in [0.5, 0.6) is 5.75 Å². The van der Waals surface area contributed by atoms with Gasteiger partial charge in [0.05, 0.1) is 5.92 Å². The average molecular weight is 314 g/mol. The fourth-order valence-corrected chi connectivity index (χ4v) is 3.14. The zero-order valence-electron chi connectivity index (χ0n) is 13.7. The maximum Gasteiger partial charge on any atom is 0.313 e. The Morgan fingerprint density at radius 3 is 2.17 bits per heavy atom. The molecule has 0 saturated carbocycles. The first-order valence-corrected chi connectivity index (χ1v) is 8.20. The first-order valence-electron chi connectivity index (χ1n) is 8.20. The van der Waals surface area contributed by atoms with Crippen molar-refractivity contribution < 1.29 is 9.53 Å². The second kappa shape index (κ2) is 5.64. The summed E-state index contributed by atoms with van der Waals surface area (Å²) in [6.07, 6.45) is 0. The highest BCUT2D eigenvalue weighted by Crippen LogP contribution is 2.35. The largest absolute Gasteiger partial charge is 0.426 e. The molecule has 4 aromatic carbocycles. The summed E-state index contributed by atoms with van der Waals surface area (Å²) in [6.45, 7) is 3.68. The van der Waals surface area contributed by atoms with Gasteiger partial charge in [-0.05, 0) is 39.1 Å². The molecule has 0 saturated heterocycles. The number of esters is 1. The second-order valence-electron chi connectivity index (χ2n) is 6.37. The van der Waals surface area contributed by atoms with Crippen LogP contribution in [-0.2, 0) is 4.79 Å². The summed E-state index contributed by atoms with van der Waals surface area (Å²) < 4.78 is 5.59. The molecular weight excluding hydrogens is 296 g/mol. The molecular formula is C22H18O2. The highest BCUT2D eigenvalue weighted by atomic mass is 16.5. The standard InChI is InChI=1S/C22H18O2/c1-14(2)22(23)24-21-9-5-8-17-19-11-10-15-6-3-4-7-16(15)18(19)12-13-20(17)21/h3-14H,1-2H3. The first-order chi connectivity index (χ1) is 11.6. The molecule has 0 aliphatic heterocycles. The Labute approximate surface area is 140 Å². The van der Waals surface area contributed by atoms with Crippen molar-refractivity contribution in [1.82, 2.24) is 0 Å². The van der Waals surface area contributed by atoms with Crippen molar-refractivity contribution in [3.05, 3.63) is 66.7 Å². The van der Waals surface area contributed by atoms with E-state index >= 15 is 0 Å². The van der Waals surface area contributed by atoms with E-state index in [9.17, 15) is 4.79 Å². The smallest absolute Gasteiger partial charge is 0.313 e. The molecule has 2 nitrogen and oxygen atoms in total. The maximum atomic E-state index is 12.0. The third kappa shape index (κ3) is 2.31. The van der Waals surface area contributed by atoms with Crippen LogP contribution in [0.4, 0.5) is 0 Å². The molecule has 0 heterocycles. The van der Waals surface area contributed by atoms with Gasteiger partial charge < -0.3 is 4.74 Å². The third-order valence-corrected chi connectivity index (χ3v) is 4.43. The molecule has 0 aliphatic rings. The molecule has 0 bridgehead atoms. The Bertz CT molecular complexity index is 1080. The van der Waals surface area contributed by atoms with E-state index in [1.165, 1.54) is 21.5 Å². The predicted molar refractivity (Wildman–Crippen MR) is 99.4 cm³/mol. The zero-order valence-corrected chi connectivity index (χ0v) is 13.7. The third-order valence-electron chi connectivity index (χ3n) is 4.43. The van der Waals surface area contributed by atoms with Crippen LogP contribution < -0.4 is 4.74 Å². The van der Waals surface area contributed by atoms with Gasteiger partial charge in [-0.2, -0.15) is 0 Å². The van der Waals surface area contributed by atoms with Gasteiger partial charge in [-0.3, -0.25) is 4.79 Å². The summed E-state index contributed by atoms with van der Waals surface area (Å²) in [5.41, 5.74) is 0. The van der Waals surface area contributed by atoms with E-state index in [1.807, 2.05) is 32.0 Å². The molecule has 0 unspecified atom stereocenters. The normalized spacial score (nSPS) is 11.5. The van der Waals surface area contributed by atoms with Crippen molar-refractivity contribution in [2.45, 2.75) is 13.8 Å². The van der Waals surface area contributed by atoms with Crippen LogP contribution >= 0.6 is 0 Å². The first kappa shape index (κ1) is 14.7. The lowest BCUT2D eigenvalue weighted by atomic mass is 9.97. The quantitative estimate of drug-likeness (QED) is 0.269. The van der Waals surface area contributed by atoms with Crippen molar-refractivity contribution >= 4 is 38.3 Å². The molecule has 4 aromatic rings. The van der Waals surface area contributed by atoms with Gasteiger partial charge in [-0.1, -0.05) is 68.4 Å². The monoisotopic (exact) mass is 314 g/mol. The Morgan fingerprint density at radius 1 is 0.708 bits per heavy atom. The highest BCUT2D eigenvalue weighted by molar-refractivity contribution is 6.18. The minimum Gasteiger partial charge on any atom is -0.426 e. The Hall–Kier alpha value is -2.87. The van der Waals surface area contributed by atoms with Crippen LogP contribution in [0.3, 0.4) is 0 Å². The number of hydrogen-bond donors (Lipinski definition) is 0. The van der Waals surface area contributed by atoms with Crippen molar-refractivity contribution in [1.29, 1.82) is 0 Å². The van der Waals surface area contributed by atoms with Crippen molar-refractivity contribution in [2.75, 3.05) is 0 Å². The number of benzene rings is 4. The number of hydrogen-bond acceptors (Lipinski definition) is 2. The zero-order chi connectivity index (χ0) is 16.7. The highest BCUT2D eigenvalue weighted by Gasteiger charge is 2.13. The fourth-order valence-electron chi connectivity index (χ4n) is 3.14. The maximum absolute atomic E-state index is 12.0. The van der Waals surface area contributed by atoms with Gasteiger partial charge in [0.15, 0.2) is 0 Å². The number of carbonyl (C=O) groups is 1. The minimum atomic E-state index is -0.207. The molecule has 0 aromatic heterocycles. The summed E-state index contributed by atoms with van der Waals surface area (Å²) in [4.78, 5) is 12.0. The van der Waals surface area contributed by atoms with Crippen molar-refractivity contribution in [3.63, 3.8) is 0 Å². The van der Waals surface area contributed by atoms with Crippen LogP contribution in [0.25, 0.3) is 32.3 Å². The summed E-state index contributed by atoms with van der Waals surface area (Å²) >= 11 is 0. The van der Waals surface area contributed by atoms with E-state index in [1.54, 1.807) is 0 Å². The number of rotatable bonds is 2. The average Bonchev–Trinajstić information content (AvgIpc) is 2.61. The number of ether oxygens (including phenoxy) is 1. The lowest BCUT2D eigenvalue weighted by Gasteiger charge is -2.12. The molecule has 0 atom stereocenters. The topological polar surface area (TPSA) is 26.3 Å². The second-order valence-corrected chi connectivity index (χ2v) is 6.37. The SMILES string of the molecule is CC(C)C(=O)Oc1cccc2c1ccc1c3ccccc3ccc21. The Morgan fingerprint density at radius 2 is 1.33 bits per heavy atom. The van der Waals surface area contributed by atoms with E-state index in [4.69, 9.17) is 4.74 Å². The fraction of sp³-hybridized carbons (Fsp3) is 0.136. The van der Waals surface area contributed by atoms with Crippen LogP contribution in [0.2, 0.25) is 0 Å². The predicted octanol–water partition coefficient (Wildman–Crippen LogP) is 5.71. The summed E-state index contributed by atoms with van der Waals surface area (Å²) in [6, 6.07) is 22.7. The minimum absolute atomic E-state index is 0.148. The van der Waals surface area contributed by atoms with E-state index in [0.29, 0.717) is 5.75 Å². The summed E-state index contributed by atoms with van der Waals surface area (Å²) in [5.74, 6) is 0.270. The van der Waals surface area contributed by atoms with E-state index in [-0.39, 0.29) is 11.9 Å². The van der Waals surface area contributed by atoms with Crippen LogP contribution in [0, 0.1) is 5.92 Å². The summed E-state index contributed by atoms with van der Waals surface area (Å²) in [5, 5.41) is 6.93. The summed E-state index contributed by atoms with van der Waals surface area (Å²) in [7, 11) is 0. The molecule has 0 aliphatic carbocycles. The number of fused-ring (bicyclic) bond motifs is 5. The van der Waals surface area contributed by atoms with E-state index in [0.717, 1.165) is 10.8 Å². The molecule has 4 rings (SSSR count). The lowest BCUT2D eigenvalue weighted by Crippen LogP contribution is -2.14. The van der Waals surface area contributed by atoms with Gasteiger partial charge in [-0.25, -0.2) is 0 Å². The Kier molecular flexibility index (Phi) is 3.46. The van der Waals surface area contributed by atoms with Gasteiger partial charge in [0.1, 0.15) is 5.75 Å². The van der Waals surface area contributed by atoms with Crippen LogP contribution in [0.15, 0.2) is 66.7 Å². The van der Waals surface area contributed by atoms with E-state index < -0.39 is 0 Å². The van der Waals surface area contributed by atoms with Gasteiger partial charge in [0.25, 0.3) is 0 Å². The van der Waals surface area contributed by atoms with E-state index in [2.05, 4.69) is 48.5 Å². The molecule has 0 spiro atoms. The molecule has 0 fully saturated rings. The molecule has 2 heteroatoms. The van der Waals surface area contributed by atoms with Gasteiger partial charge >= 0.3 is 5.97 Å². The van der Waals surface area contributed by atoms with Crippen molar-refractivity contribution in [2.24, 2.45) is 5.92 Å². The van der Waals surface area contributed by atoms with Gasteiger partial charge in [0, 0.05) is 5.39 Å². The molecule has 24 heavy (non-hydrogen) atoms. The number of carbonyl (C=O) groups excluding carboxylic acids is 1. The van der Waals surface area contributed by atoms with Crippen LogP contribution in [-0.4, -0.2) is 5.97 Å². The molecule has 0 radical (unpaired) electrons. The molecule has 0 amide bonds. The molecule has 118 valence electrons. The van der Waals surface area contributed by atoms with Gasteiger partial charge in [-0.15, -0.1) is 0 Å². The van der Waals surface area contributed by atoms with Gasteiger partial charge in [0.2, 0.25) is 0 Å². The van der Waals surface area contributed by atoms with Crippen molar-refractivity contribution in [3.8, 4) is 5.75 Å².